The van der Waals surface area contributed by atoms with Crippen molar-refractivity contribution in [3.8, 4) is 0 Å². The third-order valence-electron chi connectivity index (χ3n) is 10.1. The van der Waals surface area contributed by atoms with Gasteiger partial charge in [0.25, 0.3) is 0 Å². The topological polar surface area (TPSA) is 26.3 Å². The molecule has 4 rings (SSSR count). The average molecular weight is 427 g/mol. The van der Waals surface area contributed by atoms with Crippen LogP contribution in [0.3, 0.4) is 0 Å². The van der Waals surface area contributed by atoms with Crippen molar-refractivity contribution >= 4 is 5.97 Å². The maximum Gasteiger partial charge on any atom is 0.303 e. The molecule has 0 aromatic carbocycles. The summed E-state index contributed by atoms with van der Waals surface area (Å²) in [5, 5.41) is 0. The van der Waals surface area contributed by atoms with Crippen LogP contribution in [0.4, 0.5) is 0 Å². The van der Waals surface area contributed by atoms with E-state index in [0.717, 1.165) is 48.3 Å². The lowest BCUT2D eigenvalue weighted by molar-refractivity contribution is -0.145. The Morgan fingerprint density at radius 2 is 1.84 bits per heavy atom. The molecule has 4 aliphatic rings. The van der Waals surface area contributed by atoms with E-state index in [1.807, 2.05) is 0 Å². The van der Waals surface area contributed by atoms with Crippen LogP contribution in [-0.4, -0.2) is 12.1 Å². The second-order valence-corrected chi connectivity index (χ2v) is 12.4. The molecule has 0 bridgehead atoms. The molecule has 4 aliphatic carbocycles. The summed E-state index contributed by atoms with van der Waals surface area (Å²) in [5.41, 5.74) is 2.22. The minimum Gasteiger partial charge on any atom is -0.458 e. The van der Waals surface area contributed by atoms with Crippen LogP contribution in [0.15, 0.2) is 23.8 Å². The maximum absolute atomic E-state index is 11.5. The van der Waals surface area contributed by atoms with E-state index in [4.69, 9.17) is 4.74 Å². The fraction of sp³-hybridized carbons (Fsp3) is 0.828. The van der Waals surface area contributed by atoms with E-state index in [2.05, 4.69) is 52.8 Å². The number of hydrogen-bond acceptors (Lipinski definition) is 2. The molecular formula is C29H46O2. The van der Waals surface area contributed by atoms with E-state index in [-0.39, 0.29) is 17.5 Å². The molecule has 0 unspecified atom stereocenters. The van der Waals surface area contributed by atoms with E-state index in [0.29, 0.717) is 5.41 Å². The minimum absolute atomic E-state index is 0.0295. The van der Waals surface area contributed by atoms with Gasteiger partial charge in [-0.2, -0.15) is 0 Å². The number of fused-ring (bicyclic) bond motifs is 5. The SMILES string of the molecule is CC(=O)O[C@@H]1C=C2C=C[C@H]3[C@@H]4CC[C@H]([C@H](C)CCCC(C)C)[C@@]4(C)CC[C@@H]3[C@@]2(C)CC1. The highest BCUT2D eigenvalue weighted by atomic mass is 16.5. The van der Waals surface area contributed by atoms with Crippen molar-refractivity contribution in [2.24, 2.45) is 46.3 Å². The molecule has 0 heterocycles. The number of hydrogen-bond donors (Lipinski definition) is 0. The predicted octanol–water partition coefficient (Wildman–Crippen LogP) is 7.74. The molecule has 0 aliphatic heterocycles. The Kier molecular flexibility index (Phi) is 6.50. The summed E-state index contributed by atoms with van der Waals surface area (Å²) in [6.45, 7) is 14.0. The molecule has 174 valence electrons. The highest BCUT2D eigenvalue weighted by Crippen LogP contribution is 2.66. The Labute approximate surface area is 191 Å². The molecular weight excluding hydrogens is 380 g/mol. The van der Waals surface area contributed by atoms with E-state index in [1.54, 1.807) is 0 Å². The molecule has 0 amide bonds. The molecule has 0 saturated heterocycles. The summed E-state index contributed by atoms with van der Waals surface area (Å²) in [5.74, 6) is 4.79. The lowest BCUT2D eigenvalue weighted by Gasteiger charge is -2.57. The van der Waals surface area contributed by atoms with Crippen LogP contribution in [0.5, 0.6) is 0 Å². The highest BCUT2D eigenvalue weighted by molar-refractivity contribution is 5.66. The Morgan fingerprint density at radius 3 is 2.55 bits per heavy atom. The van der Waals surface area contributed by atoms with Crippen molar-refractivity contribution in [1.82, 2.24) is 0 Å². The van der Waals surface area contributed by atoms with E-state index in [9.17, 15) is 4.79 Å². The van der Waals surface area contributed by atoms with Crippen LogP contribution in [0.25, 0.3) is 0 Å². The first-order chi connectivity index (χ1) is 14.6. The molecule has 31 heavy (non-hydrogen) atoms. The van der Waals surface area contributed by atoms with E-state index < -0.39 is 0 Å². The van der Waals surface area contributed by atoms with Gasteiger partial charge in [0.2, 0.25) is 0 Å². The van der Waals surface area contributed by atoms with Gasteiger partial charge in [-0.3, -0.25) is 4.79 Å². The number of esters is 1. The van der Waals surface area contributed by atoms with E-state index >= 15 is 0 Å². The Morgan fingerprint density at radius 1 is 1.06 bits per heavy atom. The number of carbonyl (C=O) groups is 1. The number of allylic oxidation sites excluding steroid dienone is 3. The second kappa shape index (κ2) is 8.71. The molecule has 2 heteroatoms. The molecule has 2 nitrogen and oxygen atoms in total. The Hall–Kier alpha value is -1.05. The second-order valence-electron chi connectivity index (χ2n) is 12.4. The largest absolute Gasteiger partial charge is 0.458 e. The summed E-state index contributed by atoms with van der Waals surface area (Å²) in [6, 6.07) is 0. The van der Waals surface area contributed by atoms with Crippen LogP contribution < -0.4 is 0 Å². The molecule has 0 aromatic rings. The van der Waals surface area contributed by atoms with Crippen LogP contribution in [0.1, 0.15) is 99.3 Å². The number of ether oxygens (including phenoxy) is 1. The molecule has 0 radical (unpaired) electrons. The molecule has 2 saturated carbocycles. The zero-order valence-corrected chi connectivity index (χ0v) is 21.0. The van der Waals surface area contributed by atoms with Gasteiger partial charge in [0.1, 0.15) is 6.10 Å². The van der Waals surface area contributed by atoms with Crippen molar-refractivity contribution in [2.75, 3.05) is 0 Å². The zero-order chi connectivity index (χ0) is 22.4. The first-order valence-corrected chi connectivity index (χ1v) is 13.2. The van der Waals surface area contributed by atoms with Gasteiger partial charge in [-0.05, 0) is 96.5 Å². The van der Waals surface area contributed by atoms with Crippen molar-refractivity contribution in [3.63, 3.8) is 0 Å². The van der Waals surface area contributed by atoms with Crippen LogP contribution in [0, 0.1) is 46.3 Å². The molecule has 2 fully saturated rings. The lowest BCUT2D eigenvalue weighted by atomic mass is 9.48. The quantitative estimate of drug-likeness (QED) is 0.406. The lowest BCUT2D eigenvalue weighted by Crippen LogP contribution is -2.49. The Bertz CT molecular complexity index is 733. The van der Waals surface area contributed by atoms with Gasteiger partial charge in [0.05, 0.1) is 0 Å². The average Bonchev–Trinajstić information content (AvgIpc) is 3.05. The standard InChI is InChI=1S/C29H46O2/c1-19(2)8-7-9-20(3)25-12-13-26-24-11-10-22-18-23(31-21(4)30)14-16-28(22,5)27(24)15-17-29(25,26)6/h10-11,18-20,23-27H,7-9,12-17H2,1-6H3/t20-,23+,24+,25-,26+,27+,28+,29-/m1/s1. The third kappa shape index (κ3) is 4.18. The normalized spacial score (nSPS) is 42.4. The summed E-state index contributed by atoms with van der Waals surface area (Å²) >= 11 is 0. The Balaban J connectivity index is 1.51. The van der Waals surface area contributed by atoms with Gasteiger partial charge in [-0.1, -0.05) is 66.0 Å². The third-order valence-corrected chi connectivity index (χ3v) is 10.1. The van der Waals surface area contributed by atoms with Gasteiger partial charge in [-0.25, -0.2) is 0 Å². The van der Waals surface area contributed by atoms with E-state index in [1.165, 1.54) is 57.4 Å². The van der Waals surface area contributed by atoms with Crippen molar-refractivity contribution in [2.45, 2.75) is 105 Å². The number of rotatable bonds is 6. The molecule has 0 spiro atoms. The minimum atomic E-state index is -0.156. The zero-order valence-electron chi connectivity index (χ0n) is 21.0. The monoisotopic (exact) mass is 426 g/mol. The smallest absolute Gasteiger partial charge is 0.303 e. The van der Waals surface area contributed by atoms with Crippen LogP contribution in [-0.2, 0) is 9.53 Å². The fourth-order valence-electron chi connectivity index (χ4n) is 8.46. The predicted molar refractivity (Wildman–Crippen MR) is 129 cm³/mol. The summed E-state index contributed by atoms with van der Waals surface area (Å²) in [7, 11) is 0. The van der Waals surface area contributed by atoms with Gasteiger partial charge < -0.3 is 4.74 Å². The van der Waals surface area contributed by atoms with Crippen LogP contribution >= 0.6 is 0 Å². The van der Waals surface area contributed by atoms with Gasteiger partial charge in [0.15, 0.2) is 0 Å². The van der Waals surface area contributed by atoms with Gasteiger partial charge in [-0.15, -0.1) is 0 Å². The van der Waals surface area contributed by atoms with Crippen molar-refractivity contribution in [3.05, 3.63) is 23.8 Å². The van der Waals surface area contributed by atoms with Crippen molar-refractivity contribution < 1.29 is 9.53 Å². The molecule has 0 aromatic heterocycles. The van der Waals surface area contributed by atoms with Crippen LogP contribution in [0.2, 0.25) is 0 Å². The highest BCUT2D eigenvalue weighted by Gasteiger charge is 2.58. The summed E-state index contributed by atoms with van der Waals surface area (Å²) in [6.07, 6.45) is 19.2. The summed E-state index contributed by atoms with van der Waals surface area (Å²) in [4.78, 5) is 11.5. The van der Waals surface area contributed by atoms with Gasteiger partial charge >= 0.3 is 5.97 Å². The van der Waals surface area contributed by atoms with Gasteiger partial charge in [0, 0.05) is 6.92 Å². The maximum atomic E-state index is 11.5. The van der Waals surface area contributed by atoms with Crippen molar-refractivity contribution in [1.29, 1.82) is 0 Å². The fourth-order valence-corrected chi connectivity index (χ4v) is 8.46. The first-order valence-electron chi connectivity index (χ1n) is 13.2. The summed E-state index contributed by atoms with van der Waals surface area (Å²) < 4.78 is 5.54. The molecule has 8 atom stereocenters. The molecule has 0 N–H and O–H groups in total. The first kappa shape index (κ1) is 23.1. The number of carbonyl (C=O) groups excluding carboxylic acids is 1.